The number of hydrogen-bond donors (Lipinski definition) is 0. The molecule has 0 fully saturated rings. The van der Waals surface area contributed by atoms with E-state index in [1.807, 2.05) is 6.92 Å². The van der Waals surface area contributed by atoms with Crippen LogP contribution in [0.5, 0.6) is 0 Å². The fourth-order valence-corrected chi connectivity index (χ4v) is 4.76. The van der Waals surface area contributed by atoms with Crippen molar-refractivity contribution in [1.29, 1.82) is 0 Å². The van der Waals surface area contributed by atoms with Gasteiger partial charge in [-0.25, -0.2) is 4.98 Å². The largest absolute Gasteiger partial charge is 0.291 e. The third-order valence-electron chi connectivity index (χ3n) is 5.89. The average molecular weight is 380 g/mol. The molecule has 0 atom stereocenters. The first-order valence-corrected chi connectivity index (χ1v) is 10.1. The molecule has 0 unspecified atom stereocenters. The molecular formula is C26H25N3. The minimum atomic E-state index is 0.984. The summed E-state index contributed by atoms with van der Waals surface area (Å²) in [6.07, 6.45) is 0. The summed E-state index contributed by atoms with van der Waals surface area (Å²) in [5.74, 6) is 0. The van der Waals surface area contributed by atoms with Crippen molar-refractivity contribution in [2.75, 3.05) is 0 Å². The van der Waals surface area contributed by atoms with Crippen LogP contribution in [-0.2, 0) is 0 Å². The smallest absolute Gasteiger partial charge is 0.147 e. The van der Waals surface area contributed by atoms with Crippen molar-refractivity contribution < 1.29 is 0 Å². The highest BCUT2D eigenvalue weighted by Gasteiger charge is 2.20. The first-order valence-electron chi connectivity index (χ1n) is 10.1. The number of aryl methyl sites for hydroxylation is 6. The van der Waals surface area contributed by atoms with Crippen molar-refractivity contribution in [2.45, 2.75) is 41.5 Å². The number of aromatic nitrogens is 3. The van der Waals surface area contributed by atoms with Crippen LogP contribution in [0.3, 0.4) is 0 Å². The Kier molecular flexibility index (Phi) is 3.79. The lowest BCUT2D eigenvalue weighted by molar-refractivity contribution is 1.21. The molecular weight excluding hydrogens is 354 g/mol. The zero-order chi connectivity index (χ0) is 20.4. The highest BCUT2D eigenvalue weighted by molar-refractivity contribution is 6.10. The summed E-state index contributed by atoms with van der Waals surface area (Å²) in [6.45, 7) is 12.9. The summed E-state index contributed by atoms with van der Waals surface area (Å²) >= 11 is 0. The molecule has 0 aliphatic rings. The SMILES string of the molecule is Cc1cc(C)c(-c2c(C)nc3c4ccc(C)nc4c4ccc(C)cc4n23)c(C)c1. The summed E-state index contributed by atoms with van der Waals surface area (Å²) in [7, 11) is 0. The molecule has 0 bridgehead atoms. The summed E-state index contributed by atoms with van der Waals surface area (Å²) in [5.41, 5.74) is 12.8. The van der Waals surface area contributed by atoms with Gasteiger partial charge in [0.1, 0.15) is 5.65 Å². The first-order chi connectivity index (χ1) is 13.8. The molecule has 0 saturated carbocycles. The van der Waals surface area contributed by atoms with Gasteiger partial charge in [-0.05, 0) is 76.4 Å². The van der Waals surface area contributed by atoms with Crippen molar-refractivity contribution in [1.82, 2.24) is 14.4 Å². The topological polar surface area (TPSA) is 30.2 Å². The number of fused-ring (bicyclic) bond motifs is 6. The van der Waals surface area contributed by atoms with Crippen LogP contribution in [0.4, 0.5) is 0 Å². The first kappa shape index (κ1) is 17.9. The molecule has 144 valence electrons. The van der Waals surface area contributed by atoms with E-state index in [9.17, 15) is 0 Å². The van der Waals surface area contributed by atoms with Gasteiger partial charge in [-0.3, -0.25) is 9.38 Å². The molecule has 0 amide bonds. The quantitative estimate of drug-likeness (QED) is 0.309. The number of pyridine rings is 2. The van der Waals surface area contributed by atoms with Gasteiger partial charge < -0.3 is 0 Å². The van der Waals surface area contributed by atoms with E-state index in [0.29, 0.717) is 0 Å². The van der Waals surface area contributed by atoms with Gasteiger partial charge in [0.25, 0.3) is 0 Å². The minimum Gasteiger partial charge on any atom is -0.291 e. The van der Waals surface area contributed by atoms with Crippen molar-refractivity contribution in [3.8, 4) is 11.3 Å². The van der Waals surface area contributed by atoms with Gasteiger partial charge >= 0.3 is 0 Å². The number of benzene rings is 2. The zero-order valence-corrected chi connectivity index (χ0v) is 17.9. The van der Waals surface area contributed by atoms with Crippen LogP contribution in [0.1, 0.15) is 33.6 Å². The Hall–Kier alpha value is -3.20. The minimum absolute atomic E-state index is 0.984. The lowest BCUT2D eigenvalue weighted by Gasteiger charge is -2.15. The summed E-state index contributed by atoms with van der Waals surface area (Å²) in [6, 6.07) is 15.4. The third-order valence-corrected chi connectivity index (χ3v) is 5.89. The van der Waals surface area contributed by atoms with Crippen LogP contribution in [0.25, 0.3) is 38.7 Å². The lowest BCUT2D eigenvalue weighted by atomic mass is 9.96. The second-order valence-electron chi connectivity index (χ2n) is 8.35. The van der Waals surface area contributed by atoms with E-state index >= 15 is 0 Å². The normalized spacial score (nSPS) is 11.8. The van der Waals surface area contributed by atoms with Crippen LogP contribution >= 0.6 is 0 Å². The molecule has 0 aliphatic carbocycles. The molecule has 5 aromatic rings. The molecule has 2 aromatic carbocycles. The Bertz CT molecular complexity index is 1430. The summed E-state index contributed by atoms with van der Waals surface area (Å²) in [5, 5.41) is 2.27. The van der Waals surface area contributed by atoms with E-state index in [2.05, 4.69) is 81.5 Å². The predicted octanol–water partition coefficient (Wildman–Crippen LogP) is 6.55. The second kappa shape index (κ2) is 6.15. The second-order valence-corrected chi connectivity index (χ2v) is 8.35. The summed E-state index contributed by atoms with van der Waals surface area (Å²) < 4.78 is 2.35. The van der Waals surface area contributed by atoms with Crippen LogP contribution in [0.15, 0.2) is 42.5 Å². The molecule has 3 heterocycles. The molecule has 29 heavy (non-hydrogen) atoms. The fraction of sp³-hybridized carbons (Fsp3) is 0.231. The van der Waals surface area contributed by atoms with Gasteiger partial charge in [0, 0.05) is 22.0 Å². The Labute approximate surface area is 171 Å². The van der Waals surface area contributed by atoms with E-state index in [1.165, 1.54) is 44.4 Å². The molecule has 0 radical (unpaired) electrons. The number of rotatable bonds is 1. The van der Waals surface area contributed by atoms with Crippen molar-refractivity contribution in [3.05, 3.63) is 76.1 Å². The molecule has 0 N–H and O–H groups in total. The molecule has 3 nitrogen and oxygen atoms in total. The van der Waals surface area contributed by atoms with Gasteiger partial charge in [0.05, 0.1) is 22.4 Å². The van der Waals surface area contributed by atoms with E-state index in [0.717, 1.165) is 27.9 Å². The van der Waals surface area contributed by atoms with Gasteiger partial charge in [0.2, 0.25) is 0 Å². The van der Waals surface area contributed by atoms with E-state index in [-0.39, 0.29) is 0 Å². The van der Waals surface area contributed by atoms with E-state index in [4.69, 9.17) is 9.97 Å². The average Bonchev–Trinajstić information content (AvgIpc) is 2.98. The monoisotopic (exact) mass is 379 g/mol. The maximum Gasteiger partial charge on any atom is 0.147 e. The number of hydrogen-bond acceptors (Lipinski definition) is 2. The molecule has 3 aromatic heterocycles. The zero-order valence-electron chi connectivity index (χ0n) is 17.9. The van der Waals surface area contributed by atoms with Crippen molar-refractivity contribution in [3.63, 3.8) is 0 Å². The van der Waals surface area contributed by atoms with Crippen LogP contribution in [-0.4, -0.2) is 14.4 Å². The maximum absolute atomic E-state index is 5.05. The highest BCUT2D eigenvalue weighted by Crippen LogP contribution is 2.37. The maximum atomic E-state index is 5.05. The van der Waals surface area contributed by atoms with Crippen LogP contribution in [0.2, 0.25) is 0 Å². The Balaban J connectivity index is 2.07. The highest BCUT2D eigenvalue weighted by atomic mass is 15.0. The molecule has 0 saturated heterocycles. The van der Waals surface area contributed by atoms with Crippen LogP contribution in [0, 0.1) is 41.5 Å². The number of imidazole rings is 1. The fourth-order valence-electron chi connectivity index (χ4n) is 4.76. The predicted molar refractivity (Wildman–Crippen MR) is 122 cm³/mol. The molecule has 5 rings (SSSR count). The van der Waals surface area contributed by atoms with Crippen molar-refractivity contribution >= 4 is 27.5 Å². The Morgan fingerprint density at radius 1 is 0.690 bits per heavy atom. The van der Waals surface area contributed by atoms with E-state index < -0.39 is 0 Å². The van der Waals surface area contributed by atoms with Crippen LogP contribution < -0.4 is 0 Å². The van der Waals surface area contributed by atoms with Gasteiger partial charge in [-0.15, -0.1) is 0 Å². The molecule has 0 spiro atoms. The van der Waals surface area contributed by atoms with E-state index in [1.54, 1.807) is 0 Å². The number of nitrogens with zero attached hydrogens (tertiary/aromatic N) is 3. The van der Waals surface area contributed by atoms with Gasteiger partial charge in [-0.1, -0.05) is 29.8 Å². The molecule has 3 heteroatoms. The lowest BCUT2D eigenvalue weighted by Crippen LogP contribution is -1.99. The third kappa shape index (κ3) is 2.57. The Morgan fingerprint density at radius 3 is 2.10 bits per heavy atom. The standard InChI is InChI=1S/C26H25N3/c1-14-7-9-20-22(13-14)29-25(23-16(3)11-15(2)12-17(23)4)19(6)28-26(29)21-10-8-18(5)27-24(20)21/h7-13H,1-6H3. The van der Waals surface area contributed by atoms with Gasteiger partial charge in [0.15, 0.2) is 0 Å². The van der Waals surface area contributed by atoms with Gasteiger partial charge in [-0.2, -0.15) is 0 Å². The Morgan fingerprint density at radius 2 is 1.38 bits per heavy atom. The summed E-state index contributed by atoms with van der Waals surface area (Å²) in [4.78, 5) is 9.94. The van der Waals surface area contributed by atoms with Crippen molar-refractivity contribution in [2.24, 2.45) is 0 Å². The molecule has 0 aliphatic heterocycles.